The van der Waals surface area contributed by atoms with E-state index in [1.54, 1.807) is 6.07 Å². The zero-order chi connectivity index (χ0) is 18.1. The summed E-state index contributed by atoms with van der Waals surface area (Å²) in [5.41, 5.74) is 2.36. The number of anilines is 1. The number of aryl methyl sites for hydroxylation is 2. The van der Waals surface area contributed by atoms with E-state index >= 15 is 0 Å². The standard InChI is InChI=1S/C18H21N5O3/c1-11-12(2)26-18-15(11)16(20-10-21-18)23-6-3-4-13(9-23)17(24)19-8-14-5-7-25-22-14/h5,7,10,13H,3-4,6,8-9H2,1-2H3,(H,19,24). The van der Waals surface area contributed by atoms with Crippen LogP contribution in [0, 0.1) is 19.8 Å². The van der Waals surface area contributed by atoms with E-state index in [0.29, 0.717) is 24.5 Å². The van der Waals surface area contributed by atoms with Gasteiger partial charge in [0.15, 0.2) is 0 Å². The third-order valence-corrected chi connectivity index (χ3v) is 4.97. The lowest BCUT2D eigenvalue weighted by Crippen LogP contribution is -2.43. The summed E-state index contributed by atoms with van der Waals surface area (Å²) < 4.78 is 10.5. The summed E-state index contributed by atoms with van der Waals surface area (Å²) in [6.45, 7) is 5.81. The van der Waals surface area contributed by atoms with Crippen molar-refractivity contribution in [3.05, 3.63) is 35.7 Å². The molecule has 1 saturated heterocycles. The smallest absolute Gasteiger partial charge is 0.231 e. The van der Waals surface area contributed by atoms with Crippen molar-refractivity contribution in [3.8, 4) is 0 Å². The predicted octanol–water partition coefficient (Wildman–Crippen LogP) is 2.36. The number of rotatable bonds is 4. The van der Waals surface area contributed by atoms with E-state index in [2.05, 4.69) is 25.3 Å². The van der Waals surface area contributed by atoms with Crippen molar-refractivity contribution in [2.45, 2.75) is 33.2 Å². The monoisotopic (exact) mass is 355 g/mol. The minimum absolute atomic E-state index is 0.0306. The van der Waals surface area contributed by atoms with Gasteiger partial charge >= 0.3 is 0 Å². The van der Waals surface area contributed by atoms with E-state index < -0.39 is 0 Å². The van der Waals surface area contributed by atoms with Gasteiger partial charge in [-0.15, -0.1) is 0 Å². The number of aromatic nitrogens is 3. The number of hydrogen-bond acceptors (Lipinski definition) is 7. The van der Waals surface area contributed by atoms with Gasteiger partial charge in [0.1, 0.15) is 29.9 Å². The van der Waals surface area contributed by atoms with Crippen LogP contribution < -0.4 is 10.2 Å². The number of fused-ring (bicyclic) bond motifs is 1. The summed E-state index contributed by atoms with van der Waals surface area (Å²) in [5, 5.41) is 7.69. The average molecular weight is 355 g/mol. The molecule has 1 atom stereocenters. The second-order valence-electron chi connectivity index (χ2n) is 6.65. The predicted molar refractivity (Wildman–Crippen MR) is 94.6 cm³/mol. The van der Waals surface area contributed by atoms with Crippen molar-refractivity contribution in [1.29, 1.82) is 0 Å². The summed E-state index contributed by atoms with van der Waals surface area (Å²) in [6.07, 6.45) is 4.82. The minimum atomic E-state index is -0.0889. The lowest BCUT2D eigenvalue weighted by Gasteiger charge is -2.33. The third kappa shape index (κ3) is 3.02. The van der Waals surface area contributed by atoms with Crippen molar-refractivity contribution < 1.29 is 13.7 Å². The molecule has 1 N–H and O–H groups in total. The lowest BCUT2D eigenvalue weighted by atomic mass is 9.96. The molecule has 3 aromatic rings. The van der Waals surface area contributed by atoms with E-state index in [4.69, 9.17) is 8.94 Å². The van der Waals surface area contributed by atoms with Gasteiger partial charge in [-0.2, -0.15) is 0 Å². The number of furan rings is 1. The van der Waals surface area contributed by atoms with Crippen LogP contribution in [0.1, 0.15) is 29.9 Å². The number of nitrogens with one attached hydrogen (secondary N) is 1. The summed E-state index contributed by atoms with van der Waals surface area (Å²) in [5.74, 6) is 1.64. The number of piperidine rings is 1. The Labute approximate surface area is 150 Å². The van der Waals surface area contributed by atoms with Gasteiger partial charge in [0.05, 0.1) is 17.8 Å². The van der Waals surface area contributed by atoms with Crippen LogP contribution in [0.25, 0.3) is 11.1 Å². The SMILES string of the molecule is Cc1oc2ncnc(N3CCCC(C(=O)NCc4ccon4)C3)c2c1C. The molecule has 0 bridgehead atoms. The van der Waals surface area contributed by atoms with E-state index in [1.165, 1.54) is 12.6 Å². The first kappa shape index (κ1) is 16.6. The van der Waals surface area contributed by atoms with E-state index in [1.807, 2.05) is 13.8 Å². The Morgan fingerprint density at radius 3 is 3.08 bits per heavy atom. The van der Waals surface area contributed by atoms with Gasteiger partial charge in [-0.1, -0.05) is 5.16 Å². The average Bonchev–Trinajstić information content (AvgIpc) is 3.28. The molecule has 3 aromatic heterocycles. The molecule has 1 unspecified atom stereocenters. The van der Waals surface area contributed by atoms with E-state index in [0.717, 1.165) is 41.9 Å². The highest BCUT2D eigenvalue weighted by molar-refractivity contribution is 5.90. The van der Waals surface area contributed by atoms with Crippen LogP contribution in [0.15, 0.2) is 27.6 Å². The van der Waals surface area contributed by atoms with Gasteiger partial charge in [0, 0.05) is 24.7 Å². The first-order chi connectivity index (χ1) is 12.6. The highest BCUT2D eigenvalue weighted by atomic mass is 16.5. The van der Waals surface area contributed by atoms with Gasteiger partial charge in [-0.05, 0) is 26.7 Å². The molecule has 0 spiro atoms. The fourth-order valence-electron chi connectivity index (χ4n) is 3.44. The number of nitrogens with zero attached hydrogens (tertiary/aromatic N) is 4. The van der Waals surface area contributed by atoms with Gasteiger partial charge in [0.2, 0.25) is 11.6 Å². The van der Waals surface area contributed by atoms with Crippen LogP contribution in [0.5, 0.6) is 0 Å². The maximum atomic E-state index is 12.6. The number of carbonyl (C=O) groups is 1. The summed E-state index contributed by atoms with van der Waals surface area (Å²) >= 11 is 0. The molecular formula is C18H21N5O3. The largest absolute Gasteiger partial charge is 0.443 e. The van der Waals surface area contributed by atoms with Crippen LogP contribution in [0.3, 0.4) is 0 Å². The zero-order valence-corrected chi connectivity index (χ0v) is 14.9. The fourth-order valence-corrected chi connectivity index (χ4v) is 3.44. The van der Waals surface area contributed by atoms with Crippen LogP contribution in [-0.2, 0) is 11.3 Å². The maximum Gasteiger partial charge on any atom is 0.231 e. The second-order valence-corrected chi connectivity index (χ2v) is 6.65. The molecule has 4 rings (SSSR count). The Kier molecular flexibility index (Phi) is 4.32. The molecule has 1 aliphatic heterocycles. The fraction of sp³-hybridized carbons (Fsp3) is 0.444. The molecule has 0 radical (unpaired) electrons. The van der Waals surface area contributed by atoms with Crippen LogP contribution in [0.2, 0.25) is 0 Å². The molecule has 0 aromatic carbocycles. The number of hydrogen-bond donors (Lipinski definition) is 1. The molecule has 0 saturated carbocycles. The highest BCUT2D eigenvalue weighted by Crippen LogP contribution is 2.32. The number of amides is 1. The van der Waals surface area contributed by atoms with Crippen molar-refractivity contribution in [2.24, 2.45) is 5.92 Å². The van der Waals surface area contributed by atoms with Crippen molar-refractivity contribution in [3.63, 3.8) is 0 Å². The molecule has 0 aliphatic carbocycles. The molecule has 1 aliphatic rings. The van der Waals surface area contributed by atoms with E-state index in [9.17, 15) is 4.79 Å². The van der Waals surface area contributed by atoms with Gasteiger partial charge in [-0.3, -0.25) is 4.79 Å². The topological polar surface area (TPSA) is 97.3 Å². The number of carbonyl (C=O) groups excluding carboxylic acids is 1. The highest BCUT2D eigenvalue weighted by Gasteiger charge is 2.28. The van der Waals surface area contributed by atoms with Gasteiger partial charge in [0.25, 0.3) is 0 Å². The first-order valence-electron chi connectivity index (χ1n) is 8.76. The Bertz CT molecular complexity index is 918. The summed E-state index contributed by atoms with van der Waals surface area (Å²) in [6, 6.07) is 1.75. The van der Waals surface area contributed by atoms with Crippen LogP contribution >= 0.6 is 0 Å². The van der Waals surface area contributed by atoms with E-state index in [-0.39, 0.29) is 11.8 Å². The summed E-state index contributed by atoms with van der Waals surface area (Å²) in [4.78, 5) is 23.4. The molecule has 136 valence electrons. The van der Waals surface area contributed by atoms with Crippen molar-refractivity contribution >= 4 is 22.8 Å². The molecule has 1 fully saturated rings. The molecule has 1 amide bonds. The quantitative estimate of drug-likeness (QED) is 0.767. The van der Waals surface area contributed by atoms with Crippen molar-refractivity contribution in [1.82, 2.24) is 20.4 Å². The van der Waals surface area contributed by atoms with Gasteiger partial charge < -0.3 is 19.2 Å². The normalized spacial score (nSPS) is 17.6. The molecule has 8 nitrogen and oxygen atoms in total. The Balaban J connectivity index is 1.51. The van der Waals surface area contributed by atoms with Crippen LogP contribution in [0.4, 0.5) is 5.82 Å². The van der Waals surface area contributed by atoms with Crippen LogP contribution in [-0.4, -0.2) is 34.1 Å². The van der Waals surface area contributed by atoms with Crippen molar-refractivity contribution in [2.75, 3.05) is 18.0 Å². The Morgan fingerprint density at radius 2 is 2.27 bits per heavy atom. The zero-order valence-electron chi connectivity index (χ0n) is 14.9. The Hall–Kier alpha value is -2.90. The lowest BCUT2D eigenvalue weighted by molar-refractivity contribution is -0.125. The summed E-state index contributed by atoms with van der Waals surface area (Å²) in [7, 11) is 0. The second kappa shape index (κ2) is 6.78. The Morgan fingerprint density at radius 1 is 1.38 bits per heavy atom. The minimum Gasteiger partial charge on any atom is -0.443 e. The molecule has 26 heavy (non-hydrogen) atoms. The maximum absolute atomic E-state index is 12.6. The van der Waals surface area contributed by atoms with Gasteiger partial charge in [-0.25, -0.2) is 9.97 Å². The first-order valence-corrected chi connectivity index (χ1v) is 8.76. The molecular weight excluding hydrogens is 334 g/mol. The third-order valence-electron chi connectivity index (χ3n) is 4.97. The molecule has 4 heterocycles. The molecule has 8 heteroatoms.